The Morgan fingerprint density at radius 1 is 1.12 bits per heavy atom. The van der Waals surface area contributed by atoms with Crippen molar-refractivity contribution in [1.82, 2.24) is 9.62 Å². The van der Waals surface area contributed by atoms with Gasteiger partial charge in [-0.2, -0.15) is 4.31 Å². The molecule has 32 heavy (non-hydrogen) atoms. The van der Waals surface area contributed by atoms with Gasteiger partial charge in [-0.25, -0.2) is 8.42 Å². The van der Waals surface area contributed by atoms with Crippen molar-refractivity contribution in [3.8, 4) is 5.75 Å². The maximum Gasteiger partial charge on any atom is 0.261 e. The smallest absolute Gasteiger partial charge is 0.261 e. The Hall–Kier alpha value is -2.11. The Bertz CT molecular complexity index is 1140. The minimum absolute atomic E-state index is 0.0790. The largest absolute Gasteiger partial charge is 0.494 e. The number of anilines is 2. The van der Waals surface area contributed by atoms with Gasteiger partial charge in [-0.05, 0) is 36.5 Å². The summed E-state index contributed by atoms with van der Waals surface area (Å²) in [6.07, 6.45) is 1.21. The molecule has 0 aromatic heterocycles. The number of carbonyl (C=O) groups is 1. The number of amides is 1. The van der Waals surface area contributed by atoms with Crippen LogP contribution in [0.4, 0.5) is 11.4 Å². The molecule has 0 spiro atoms. The van der Waals surface area contributed by atoms with Crippen molar-refractivity contribution in [3.05, 3.63) is 52.0 Å². The molecule has 0 unspecified atom stereocenters. The van der Waals surface area contributed by atoms with Gasteiger partial charge in [-0.3, -0.25) is 10.1 Å². The van der Waals surface area contributed by atoms with E-state index < -0.39 is 15.9 Å². The molecule has 2 aromatic rings. The van der Waals surface area contributed by atoms with Gasteiger partial charge in [0.05, 0.1) is 35.3 Å². The molecule has 1 heterocycles. The van der Waals surface area contributed by atoms with E-state index in [-0.39, 0.29) is 21.4 Å². The lowest BCUT2D eigenvalue weighted by Gasteiger charge is -2.35. The van der Waals surface area contributed by atoms with Gasteiger partial charge in [-0.15, -0.1) is 0 Å². The molecule has 8 nitrogen and oxygen atoms in total. The Morgan fingerprint density at radius 2 is 1.78 bits per heavy atom. The van der Waals surface area contributed by atoms with Gasteiger partial charge >= 0.3 is 0 Å². The van der Waals surface area contributed by atoms with Crippen molar-refractivity contribution in [2.75, 3.05) is 49.8 Å². The number of carbonyl (C=O) groups excluding carboxylic acids is 1. The minimum Gasteiger partial charge on any atom is -0.494 e. The molecule has 0 aliphatic carbocycles. The predicted octanol–water partition coefficient (Wildman–Crippen LogP) is 3.21. The van der Waals surface area contributed by atoms with Crippen LogP contribution in [0.25, 0.3) is 0 Å². The van der Waals surface area contributed by atoms with Crippen molar-refractivity contribution in [3.63, 3.8) is 0 Å². The van der Waals surface area contributed by atoms with E-state index in [0.717, 1.165) is 5.69 Å². The molecule has 1 saturated heterocycles. The maximum atomic E-state index is 12.7. The second-order valence-electron chi connectivity index (χ2n) is 7.04. The highest BCUT2D eigenvalue weighted by Gasteiger charge is 2.25. The average molecular weight is 517 g/mol. The number of sulfonamides is 1. The summed E-state index contributed by atoms with van der Waals surface area (Å²) in [5.74, 6) is -0.330. The third-order valence-corrected chi connectivity index (χ3v) is 6.89. The zero-order valence-corrected chi connectivity index (χ0v) is 20.5. The molecule has 0 saturated carbocycles. The van der Waals surface area contributed by atoms with Gasteiger partial charge in [0.2, 0.25) is 10.0 Å². The van der Waals surface area contributed by atoms with Crippen LogP contribution in [-0.2, 0) is 10.0 Å². The topological polar surface area (TPSA) is 91.0 Å². The minimum atomic E-state index is -3.22. The highest BCUT2D eigenvalue weighted by Crippen LogP contribution is 2.32. The molecule has 1 amide bonds. The molecule has 1 fully saturated rings. The summed E-state index contributed by atoms with van der Waals surface area (Å²) in [4.78, 5) is 14.8. The summed E-state index contributed by atoms with van der Waals surface area (Å²) in [6, 6.07) is 10.4. The first-order valence-electron chi connectivity index (χ1n) is 9.54. The number of hydrogen-bond donors (Lipinski definition) is 2. The lowest BCUT2D eigenvalue weighted by molar-refractivity contribution is 0.0974. The molecule has 2 N–H and O–H groups in total. The van der Waals surface area contributed by atoms with Crippen LogP contribution < -0.4 is 20.3 Å². The van der Waals surface area contributed by atoms with Crippen LogP contribution in [0.5, 0.6) is 5.75 Å². The summed E-state index contributed by atoms with van der Waals surface area (Å²) >= 11 is 17.5. The van der Waals surface area contributed by atoms with Crippen LogP contribution in [-0.4, -0.2) is 63.3 Å². The van der Waals surface area contributed by atoms with Gasteiger partial charge < -0.3 is 15.0 Å². The molecule has 172 valence electrons. The average Bonchev–Trinajstić information content (AvgIpc) is 2.73. The normalized spacial score (nSPS) is 14.7. The van der Waals surface area contributed by atoms with Crippen LogP contribution in [0.2, 0.25) is 10.0 Å². The highest BCUT2D eigenvalue weighted by molar-refractivity contribution is 7.88. The lowest BCUT2D eigenvalue weighted by atomic mass is 10.2. The lowest BCUT2D eigenvalue weighted by Crippen LogP contribution is -2.48. The first-order valence-corrected chi connectivity index (χ1v) is 12.6. The number of para-hydroxylation sites is 2. The highest BCUT2D eigenvalue weighted by atomic mass is 35.5. The number of rotatable bonds is 5. The van der Waals surface area contributed by atoms with Crippen molar-refractivity contribution in [1.29, 1.82) is 0 Å². The van der Waals surface area contributed by atoms with Crippen molar-refractivity contribution >= 4 is 67.8 Å². The predicted molar refractivity (Wildman–Crippen MR) is 132 cm³/mol. The van der Waals surface area contributed by atoms with Gasteiger partial charge in [0.1, 0.15) is 5.75 Å². The summed E-state index contributed by atoms with van der Waals surface area (Å²) in [5, 5.41) is 6.22. The zero-order valence-electron chi connectivity index (χ0n) is 17.4. The number of thiocarbonyl (C=S) groups is 1. The van der Waals surface area contributed by atoms with E-state index in [0.29, 0.717) is 36.9 Å². The molecule has 0 atom stereocenters. The number of piperazine rings is 1. The molecular formula is C20H22Cl2N4O4S2. The van der Waals surface area contributed by atoms with Gasteiger partial charge in [-0.1, -0.05) is 35.3 Å². The number of hydrogen-bond acceptors (Lipinski definition) is 6. The van der Waals surface area contributed by atoms with Crippen molar-refractivity contribution in [2.45, 2.75) is 0 Å². The summed E-state index contributed by atoms with van der Waals surface area (Å²) in [6.45, 7) is 1.85. The van der Waals surface area contributed by atoms with Gasteiger partial charge in [0.15, 0.2) is 5.11 Å². The molecule has 0 bridgehead atoms. The molecule has 2 aromatic carbocycles. The van der Waals surface area contributed by atoms with Crippen LogP contribution in [0.3, 0.4) is 0 Å². The van der Waals surface area contributed by atoms with Crippen molar-refractivity contribution in [2.24, 2.45) is 0 Å². The van der Waals surface area contributed by atoms with E-state index in [1.54, 1.807) is 0 Å². The number of methoxy groups -OCH3 is 1. The van der Waals surface area contributed by atoms with E-state index in [9.17, 15) is 13.2 Å². The SMILES string of the molecule is COc1c(Cl)cc(Cl)cc1C(=O)NC(=S)Nc1ccccc1N1CCN(S(C)(=O)=O)CC1. The number of ether oxygens (including phenoxy) is 1. The fourth-order valence-electron chi connectivity index (χ4n) is 3.38. The Balaban J connectivity index is 1.71. The fraction of sp³-hybridized carbons (Fsp3) is 0.300. The Morgan fingerprint density at radius 3 is 2.41 bits per heavy atom. The van der Waals surface area contributed by atoms with E-state index in [4.69, 9.17) is 40.2 Å². The number of halogens is 2. The zero-order chi connectivity index (χ0) is 23.5. The summed E-state index contributed by atoms with van der Waals surface area (Å²) in [5.41, 5.74) is 1.68. The Labute approximate surface area is 202 Å². The van der Waals surface area contributed by atoms with Crippen LogP contribution in [0.1, 0.15) is 10.4 Å². The molecule has 1 aliphatic rings. The van der Waals surface area contributed by atoms with E-state index in [1.165, 1.54) is 29.8 Å². The quantitative estimate of drug-likeness (QED) is 0.589. The number of nitrogens with one attached hydrogen (secondary N) is 2. The fourth-order valence-corrected chi connectivity index (χ4v) is 4.98. The summed E-state index contributed by atoms with van der Waals surface area (Å²) in [7, 11) is -1.81. The first-order chi connectivity index (χ1) is 15.1. The number of nitrogens with zero attached hydrogens (tertiary/aromatic N) is 2. The van der Waals surface area contributed by atoms with E-state index in [1.807, 2.05) is 24.3 Å². The van der Waals surface area contributed by atoms with Gasteiger partial charge in [0, 0.05) is 31.2 Å². The van der Waals surface area contributed by atoms with Gasteiger partial charge in [0.25, 0.3) is 5.91 Å². The summed E-state index contributed by atoms with van der Waals surface area (Å²) < 4.78 is 30.2. The maximum absolute atomic E-state index is 12.7. The molecule has 12 heteroatoms. The molecule has 0 radical (unpaired) electrons. The van der Waals surface area contributed by atoms with E-state index in [2.05, 4.69) is 15.5 Å². The van der Waals surface area contributed by atoms with Crippen LogP contribution in [0.15, 0.2) is 36.4 Å². The molecular weight excluding hydrogens is 495 g/mol. The third-order valence-electron chi connectivity index (χ3n) is 4.88. The van der Waals surface area contributed by atoms with Crippen molar-refractivity contribution < 1.29 is 17.9 Å². The van der Waals surface area contributed by atoms with E-state index >= 15 is 0 Å². The standard InChI is InChI=1S/C20H22Cl2N4O4S2/c1-30-18-14(11-13(21)12-15(18)22)19(27)24-20(31)23-16-5-3-4-6-17(16)25-7-9-26(10-8-25)32(2,28)29/h3-6,11-12H,7-10H2,1-2H3,(H2,23,24,27,31). The first kappa shape index (κ1) is 24.5. The third kappa shape index (κ3) is 5.81. The van der Waals surface area contributed by atoms with Crippen LogP contribution >= 0.6 is 35.4 Å². The number of benzene rings is 2. The molecule has 3 rings (SSSR count). The molecule has 1 aliphatic heterocycles. The second kappa shape index (κ2) is 10.2. The Kier molecular flexibility index (Phi) is 7.84. The van der Waals surface area contributed by atoms with Crippen LogP contribution in [0, 0.1) is 0 Å². The second-order valence-corrected chi connectivity index (χ2v) is 10.3. The monoisotopic (exact) mass is 516 g/mol.